The van der Waals surface area contributed by atoms with Crippen molar-refractivity contribution >= 4 is 22.6 Å². The standard InChI is InChI=1S/C21H21F3N4O2/c1-12(20(29)25-16-7-6-14(22)18(23)19(16)24)27-10-8-13(9-11-27)28-17-5-3-2-4-15(17)26-21(28)30/h2-7,12-13H,8-11H2,1H3,(H,25,29)(H,26,30)/t12-/m0/s1. The number of rotatable bonds is 4. The number of aromatic amines is 1. The highest BCUT2D eigenvalue weighted by Crippen LogP contribution is 2.26. The summed E-state index contributed by atoms with van der Waals surface area (Å²) in [7, 11) is 0. The van der Waals surface area contributed by atoms with E-state index in [4.69, 9.17) is 0 Å². The Hall–Kier alpha value is -3.07. The molecule has 0 bridgehead atoms. The van der Waals surface area contributed by atoms with Crippen molar-refractivity contribution < 1.29 is 18.0 Å². The van der Waals surface area contributed by atoms with Gasteiger partial charge in [-0.15, -0.1) is 0 Å². The Kier molecular flexibility index (Phi) is 5.38. The topological polar surface area (TPSA) is 70.1 Å². The van der Waals surface area contributed by atoms with E-state index in [9.17, 15) is 22.8 Å². The van der Waals surface area contributed by atoms with Crippen molar-refractivity contribution in [2.75, 3.05) is 18.4 Å². The van der Waals surface area contributed by atoms with Gasteiger partial charge in [0, 0.05) is 19.1 Å². The number of likely N-dealkylation sites (tertiary alicyclic amines) is 1. The van der Waals surface area contributed by atoms with Gasteiger partial charge in [0.1, 0.15) is 0 Å². The van der Waals surface area contributed by atoms with Gasteiger partial charge < -0.3 is 10.3 Å². The normalized spacial score (nSPS) is 16.7. The smallest absolute Gasteiger partial charge is 0.322 e. The first-order valence-corrected chi connectivity index (χ1v) is 9.74. The molecule has 1 fully saturated rings. The van der Waals surface area contributed by atoms with Crippen molar-refractivity contribution in [3.8, 4) is 0 Å². The number of amides is 1. The van der Waals surface area contributed by atoms with Crippen molar-refractivity contribution in [3.63, 3.8) is 0 Å². The number of nitrogens with zero attached hydrogens (tertiary/aromatic N) is 2. The summed E-state index contributed by atoms with van der Waals surface area (Å²) >= 11 is 0. The second kappa shape index (κ2) is 7.98. The maximum absolute atomic E-state index is 13.8. The molecule has 1 saturated heterocycles. The summed E-state index contributed by atoms with van der Waals surface area (Å²) in [4.78, 5) is 29.7. The average Bonchev–Trinajstić information content (AvgIpc) is 3.09. The second-order valence-corrected chi connectivity index (χ2v) is 7.47. The second-order valence-electron chi connectivity index (χ2n) is 7.47. The van der Waals surface area contributed by atoms with E-state index in [0.717, 1.165) is 23.2 Å². The van der Waals surface area contributed by atoms with Crippen molar-refractivity contribution in [3.05, 3.63) is 64.3 Å². The van der Waals surface area contributed by atoms with Crippen LogP contribution in [0.25, 0.3) is 11.0 Å². The molecule has 4 rings (SSSR count). The number of benzene rings is 2. The van der Waals surface area contributed by atoms with Gasteiger partial charge >= 0.3 is 5.69 Å². The lowest BCUT2D eigenvalue weighted by molar-refractivity contribution is -0.121. The molecule has 2 aromatic carbocycles. The molecule has 0 saturated carbocycles. The fraction of sp³-hybridized carbons (Fsp3) is 0.333. The van der Waals surface area contributed by atoms with E-state index in [1.54, 1.807) is 11.5 Å². The Morgan fingerprint density at radius 1 is 1.10 bits per heavy atom. The molecule has 9 heteroatoms. The average molecular weight is 418 g/mol. The van der Waals surface area contributed by atoms with E-state index in [2.05, 4.69) is 10.3 Å². The Morgan fingerprint density at radius 2 is 1.80 bits per heavy atom. The first-order valence-electron chi connectivity index (χ1n) is 9.74. The van der Waals surface area contributed by atoms with Gasteiger partial charge in [-0.2, -0.15) is 0 Å². The number of carbonyl (C=O) groups excluding carboxylic acids is 1. The largest absolute Gasteiger partial charge is 0.326 e. The van der Waals surface area contributed by atoms with Gasteiger partial charge in [-0.1, -0.05) is 12.1 Å². The summed E-state index contributed by atoms with van der Waals surface area (Å²) in [6, 6.07) is 8.66. The summed E-state index contributed by atoms with van der Waals surface area (Å²) in [6.45, 7) is 2.79. The molecule has 0 spiro atoms. The van der Waals surface area contributed by atoms with Gasteiger partial charge in [0.15, 0.2) is 17.5 Å². The highest BCUT2D eigenvalue weighted by Gasteiger charge is 2.29. The molecule has 158 valence electrons. The molecule has 2 heterocycles. The molecular weight excluding hydrogens is 397 g/mol. The number of hydrogen-bond acceptors (Lipinski definition) is 3. The van der Waals surface area contributed by atoms with Crippen LogP contribution in [0.4, 0.5) is 18.9 Å². The number of aromatic nitrogens is 2. The quantitative estimate of drug-likeness (QED) is 0.638. The van der Waals surface area contributed by atoms with Gasteiger partial charge in [-0.05, 0) is 44.0 Å². The van der Waals surface area contributed by atoms with Gasteiger partial charge in [0.2, 0.25) is 5.91 Å². The summed E-state index contributed by atoms with van der Waals surface area (Å²) in [5.74, 6) is -4.87. The third kappa shape index (κ3) is 3.60. The highest BCUT2D eigenvalue weighted by molar-refractivity contribution is 5.94. The zero-order chi connectivity index (χ0) is 21.4. The number of fused-ring (bicyclic) bond motifs is 1. The van der Waals surface area contributed by atoms with Crippen molar-refractivity contribution in [1.29, 1.82) is 0 Å². The molecule has 0 aliphatic carbocycles. The van der Waals surface area contributed by atoms with E-state index in [1.807, 2.05) is 29.2 Å². The SMILES string of the molecule is C[C@@H](C(=O)Nc1ccc(F)c(F)c1F)N1CCC(n2c(=O)[nH]c3ccccc32)CC1. The van der Waals surface area contributed by atoms with Gasteiger partial charge in [0.05, 0.1) is 22.8 Å². The molecule has 1 aromatic heterocycles. The molecule has 1 amide bonds. The highest BCUT2D eigenvalue weighted by atomic mass is 19.2. The number of piperidine rings is 1. The minimum atomic E-state index is -1.62. The minimum Gasteiger partial charge on any atom is -0.322 e. The predicted octanol–water partition coefficient (Wildman–Crippen LogP) is 3.41. The molecule has 30 heavy (non-hydrogen) atoms. The molecule has 1 atom stereocenters. The van der Waals surface area contributed by atoms with Gasteiger partial charge in [-0.25, -0.2) is 18.0 Å². The Morgan fingerprint density at radius 3 is 2.53 bits per heavy atom. The van der Waals surface area contributed by atoms with Crippen LogP contribution in [0.5, 0.6) is 0 Å². The molecule has 3 aromatic rings. The fourth-order valence-corrected chi connectivity index (χ4v) is 3.99. The Bertz CT molecular complexity index is 1150. The van der Waals surface area contributed by atoms with E-state index >= 15 is 0 Å². The van der Waals surface area contributed by atoms with Crippen LogP contribution in [-0.2, 0) is 4.79 Å². The minimum absolute atomic E-state index is 0.00352. The monoisotopic (exact) mass is 418 g/mol. The molecule has 2 N–H and O–H groups in total. The van der Waals surface area contributed by atoms with Crippen LogP contribution in [0.15, 0.2) is 41.2 Å². The van der Waals surface area contributed by atoms with Crippen molar-refractivity contribution in [2.45, 2.75) is 31.8 Å². The predicted molar refractivity (Wildman–Crippen MR) is 107 cm³/mol. The first kappa shape index (κ1) is 20.2. The number of hydrogen-bond donors (Lipinski definition) is 2. The van der Waals surface area contributed by atoms with Crippen molar-refractivity contribution in [1.82, 2.24) is 14.5 Å². The lowest BCUT2D eigenvalue weighted by Crippen LogP contribution is -2.47. The lowest BCUT2D eigenvalue weighted by atomic mass is 10.0. The zero-order valence-corrected chi connectivity index (χ0v) is 16.3. The summed E-state index contributed by atoms with van der Waals surface area (Å²) < 4.78 is 42.0. The molecular formula is C21H21F3N4O2. The van der Waals surface area contributed by atoms with Crippen LogP contribution >= 0.6 is 0 Å². The van der Waals surface area contributed by atoms with Gasteiger partial charge in [0.25, 0.3) is 0 Å². The van der Waals surface area contributed by atoms with E-state index in [-0.39, 0.29) is 11.7 Å². The number of H-pyrrole nitrogens is 1. The summed E-state index contributed by atoms with van der Waals surface area (Å²) in [5, 5.41) is 2.32. The number of nitrogens with one attached hydrogen (secondary N) is 2. The third-order valence-corrected chi connectivity index (χ3v) is 5.71. The zero-order valence-electron chi connectivity index (χ0n) is 16.3. The van der Waals surface area contributed by atoms with E-state index < -0.39 is 35.1 Å². The molecule has 1 aliphatic heterocycles. The molecule has 0 radical (unpaired) electrons. The lowest BCUT2D eigenvalue weighted by Gasteiger charge is -2.35. The molecule has 6 nitrogen and oxygen atoms in total. The maximum atomic E-state index is 13.8. The molecule has 1 aliphatic rings. The molecule has 0 unspecified atom stereocenters. The summed E-state index contributed by atoms with van der Waals surface area (Å²) in [6.07, 6.45) is 1.33. The first-order chi connectivity index (χ1) is 14.4. The van der Waals surface area contributed by atoms with Crippen molar-refractivity contribution in [2.24, 2.45) is 0 Å². The van der Waals surface area contributed by atoms with Crippen LogP contribution in [0.1, 0.15) is 25.8 Å². The van der Waals surface area contributed by atoms with Crippen LogP contribution in [0.3, 0.4) is 0 Å². The Balaban J connectivity index is 1.42. The maximum Gasteiger partial charge on any atom is 0.326 e. The van der Waals surface area contributed by atoms with Gasteiger partial charge in [-0.3, -0.25) is 14.3 Å². The summed E-state index contributed by atoms with van der Waals surface area (Å²) in [5.41, 5.74) is 1.08. The van der Waals surface area contributed by atoms with Crippen LogP contribution in [0.2, 0.25) is 0 Å². The number of para-hydroxylation sites is 2. The van der Waals surface area contributed by atoms with E-state index in [0.29, 0.717) is 25.9 Å². The van der Waals surface area contributed by atoms with Crippen LogP contribution in [-0.4, -0.2) is 39.5 Å². The van der Waals surface area contributed by atoms with E-state index in [1.165, 1.54) is 0 Å². The number of anilines is 1. The number of halogens is 3. The fourth-order valence-electron chi connectivity index (χ4n) is 3.99. The Labute approximate surface area is 170 Å². The number of carbonyl (C=O) groups is 1. The van der Waals surface area contributed by atoms with Crippen LogP contribution < -0.4 is 11.0 Å². The third-order valence-electron chi connectivity index (χ3n) is 5.71. The number of imidazole rings is 1. The van der Waals surface area contributed by atoms with Crippen LogP contribution in [0, 0.1) is 17.5 Å².